The van der Waals surface area contributed by atoms with E-state index < -0.39 is 12.1 Å². The summed E-state index contributed by atoms with van der Waals surface area (Å²) in [7, 11) is 3.06. The molecule has 6 heteroatoms. The lowest BCUT2D eigenvalue weighted by Crippen LogP contribution is -2.31. The summed E-state index contributed by atoms with van der Waals surface area (Å²) < 4.78 is 10.4. The highest BCUT2D eigenvalue weighted by Gasteiger charge is 2.26. The number of hydrogen-bond acceptors (Lipinski definition) is 4. The van der Waals surface area contributed by atoms with Crippen LogP contribution in [0.5, 0.6) is 11.5 Å². The smallest absolute Gasteiger partial charge is 0.179 e. The fourth-order valence-electron chi connectivity index (χ4n) is 1.94. The number of ether oxygens (including phenoxy) is 2. The lowest BCUT2D eigenvalue weighted by molar-refractivity contribution is 0.0879. The van der Waals surface area contributed by atoms with Crippen molar-refractivity contribution in [3.05, 3.63) is 22.7 Å². The van der Waals surface area contributed by atoms with E-state index in [-0.39, 0.29) is 18.3 Å². The van der Waals surface area contributed by atoms with Crippen molar-refractivity contribution < 1.29 is 14.6 Å². The van der Waals surface area contributed by atoms with E-state index in [1.54, 1.807) is 19.2 Å². The van der Waals surface area contributed by atoms with E-state index in [0.717, 1.165) is 6.42 Å². The molecule has 116 valence electrons. The van der Waals surface area contributed by atoms with Crippen LogP contribution in [-0.2, 0) is 0 Å². The van der Waals surface area contributed by atoms with E-state index in [1.165, 1.54) is 7.11 Å². The number of benzene rings is 1. The molecule has 0 fully saturated rings. The summed E-state index contributed by atoms with van der Waals surface area (Å²) in [6, 6.07) is 2.95. The molecule has 0 saturated carbocycles. The van der Waals surface area contributed by atoms with Crippen LogP contribution in [0.4, 0.5) is 0 Å². The van der Waals surface area contributed by atoms with Gasteiger partial charge in [0, 0.05) is 0 Å². The van der Waals surface area contributed by atoms with Crippen molar-refractivity contribution in [3.8, 4) is 11.5 Å². The second-order valence-electron chi connectivity index (χ2n) is 4.61. The maximum Gasteiger partial charge on any atom is 0.179 e. The molecule has 0 amide bonds. The summed E-state index contributed by atoms with van der Waals surface area (Å²) in [5.41, 5.74) is 6.76. The van der Waals surface area contributed by atoms with Crippen molar-refractivity contribution in [1.29, 1.82) is 0 Å². The first kappa shape index (κ1) is 19.3. The fraction of sp³-hybridized carbons (Fsp3) is 0.571. The van der Waals surface area contributed by atoms with Gasteiger partial charge in [-0.25, -0.2) is 0 Å². The van der Waals surface area contributed by atoms with Crippen molar-refractivity contribution in [2.24, 2.45) is 11.7 Å². The molecule has 3 atom stereocenters. The first-order chi connectivity index (χ1) is 8.97. The zero-order valence-electron chi connectivity index (χ0n) is 12.2. The van der Waals surface area contributed by atoms with Crippen LogP contribution in [0.2, 0.25) is 5.02 Å². The Balaban J connectivity index is 0.00000361. The molecule has 0 heterocycles. The predicted molar refractivity (Wildman–Crippen MR) is 84.2 cm³/mol. The molecule has 3 N–H and O–H groups in total. The highest BCUT2D eigenvalue weighted by molar-refractivity contribution is 6.33. The molecule has 0 aliphatic heterocycles. The molecule has 0 bridgehead atoms. The maximum absolute atomic E-state index is 10.2. The zero-order valence-corrected chi connectivity index (χ0v) is 13.8. The molecule has 0 aromatic heterocycles. The predicted octanol–water partition coefficient (Wildman–Crippen LogP) is 3.19. The van der Waals surface area contributed by atoms with Gasteiger partial charge >= 0.3 is 0 Å². The van der Waals surface area contributed by atoms with Crippen LogP contribution >= 0.6 is 24.0 Å². The third-order valence-corrected chi connectivity index (χ3v) is 3.86. The van der Waals surface area contributed by atoms with Gasteiger partial charge in [0.1, 0.15) is 0 Å². The first-order valence-electron chi connectivity index (χ1n) is 6.31. The number of aliphatic hydroxyl groups is 1. The first-order valence-corrected chi connectivity index (χ1v) is 6.69. The average Bonchev–Trinajstić information content (AvgIpc) is 2.44. The molecule has 1 rings (SSSR count). The molecule has 0 aliphatic rings. The quantitative estimate of drug-likeness (QED) is 0.843. The fourth-order valence-corrected chi connectivity index (χ4v) is 2.30. The van der Waals surface area contributed by atoms with Crippen molar-refractivity contribution in [2.75, 3.05) is 14.2 Å². The van der Waals surface area contributed by atoms with E-state index in [9.17, 15) is 5.11 Å². The standard InChI is InChI=1S/C14H22ClNO3.ClH/c1-5-8(2)13(17)12(16)9-6-7-10(18-3)14(19-4)11(9)15;/h6-8,12-13,17H,5,16H2,1-4H3;1H/t8?,12-,13+;/m1./s1. The van der Waals surface area contributed by atoms with Gasteiger partial charge in [-0.1, -0.05) is 37.9 Å². The molecule has 0 saturated heterocycles. The zero-order chi connectivity index (χ0) is 14.6. The minimum atomic E-state index is -0.652. The molecule has 4 nitrogen and oxygen atoms in total. The Kier molecular flexibility index (Phi) is 8.28. The molecule has 20 heavy (non-hydrogen) atoms. The van der Waals surface area contributed by atoms with Crippen molar-refractivity contribution in [2.45, 2.75) is 32.4 Å². The molecule has 1 aromatic carbocycles. The topological polar surface area (TPSA) is 64.7 Å². The van der Waals surface area contributed by atoms with Gasteiger partial charge in [-0.2, -0.15) is 0 Å². The van der Waals surface area contributed by atoms with Crippen LogP contribution in [0, 0.1) is 5.92 Å². The number of halogens is 2. The number of hydrogen-bond donors (Lipinski definition) is 2. The van der Waals surface area contributed by atoms with Crippen molar-refractivity contribution in [1.82, 2.24) is 0 Å². The number of nitrogens with two attached hydrogens (primary N) is 1. The molecule has 1 aromatic rings. The highest BCUT2D eigenvalue weighted by Crippen LogP contribution is 2.40. The van der Waals surface area contributed by atoms with Crippen LogP contribution in [0.3, 0.4) is 0 Å². The van der Waals surface area contributed by atoms with Crippen LogP contribution in [0.1, 0.15) is 31.9 Å². The normalized spacial score (nSPS) is 14.9. The lowest BCUT2D eigenvalue weighted by atomic mass is 9.91. The second-order valence-corrected chi connectivity index (χ2v) is 4.98. The SMILES string of the molecule is CCC(C)[C@H](O)[C@H](N)c1ccc(OC)c(OC)c1Cl.Cl. The van der Waals surface area contributed by atoms with Crippen LogP contribution in [0.25, 0.3) is 0 Å². The molecule has 0 radical (unpaired) electrons. The van der Waals surface area contributed by atoms with Gasteiger partial charge in [0.2, 0.25) is 0 Å². The van der Waals surface area contributed by atoms with E-state index in [4.69, 9.17) is 26.8 Å². The van der Waals surface area contributed by atoms with E-state index in [0.29, 0.717) is 22.1 Å². The molecule has 1 unspecified atom stereocenters. The van der Waals surface area contributed by atoms with Gasteiger partial charge < -0.3 is 20.3 Å². The molecule has 0 aliphatic carbocycles. The number of aliphatic hydroxyl groups excluding tert-OH is 1. The average molecular weight is 324 g/mol. The maximum atomic E-state index is 10.2. The summed E-state index contributed by atoms with van der Waals surface area (Å²) >= 11 is 6.28. The third-order valence-electron chi connectivity index (χ3n) is 3.47. The number of rotatable bonds is 6. The molecular weight excluding hydrogens is 301 g/mol. The lowest BCUT2D eigenvalue weighted by Gasteiger charge is -2.25. The highest BCUT2D eigenvalue weighted by atomic mass is 35.5. The molecule has 0 spiro atoms. The largest absolute Gasteiger partial charge is 0.493 e. The van der Waals surface area contributed by atoms with Gasteiger partial charge in [0.05, 0.1) is 31.4 Å². The summed E-state index contributed by atoms with van der Waals surface area (Å²) in [5, 5.41) is 10.6. The summed E-state index contributed by atoms with van der Waals surface area (Å²) in [5.74, 6) is 1.08. The Hall–Kier alpha value is -0.680. The minimum absolute atomic E-state index is 0. The van der Waals surface area contributed by atoms with Crippen LogP contribution in [0.15, 0.2) is 12.1 Å². The Bertz CT molecular complexity index is 429. The third kappa shape index (κ3) is 3.92. The van der Waals surface area contributed by atoms with Gasteiger partial charge in [-0.3, -0.25) is 0 Å². The van der Waals surface area contributed by atoms with Gasteiger partial charge in [0.15, 0.2) is 11.5 Å². The monoisotopic (exact) mass is 323 g/mol. The summed E-state index contributed by atoms with van der Waals surface area (Å²) in [4.78, 5) is 0. The Morgan fingerprint density at radius 3 is 2.35 bits per heavy atom. The number of methoxy groups -OCH3 is 2. The van der Waals surface area contributed by atoms with Crippen LogP contribution in [-0.4, -0.2) is 25.4 Å². The van der Waals surface area contributed by atoms with Crippen molar-refractivity contribution >= 4 is 24.0 Å². The van der Waals surface area contributed by atoms with E-state index >= 15 is 0 Å². The van der Waals surface area contributed by atoms with E-state index in [1.807, 2.05) is 13.8 Å². The summed E-state index contributed by atoms with van der Waals surface area (Å²) in [6.07, 6.45) is 0.195. The van der Waals surface area contributed by atoms with Gasteiger partial charge in [-0.05, 0) is 17.5 Å². The van der Waals surface area contributed by atoms with E-state index in [2.05, 4.69) is 0 Å². The Labute approximate surface area is 131 Å². The second kappa shape index (κ2) is 8.57. The van der Waals surface area contributed by atoms with Gasteiger partial charge in [0.25, 0.3) is 0 Å². The Morgan fingerprint density at radius 2 is 1.90 bits per heavy atom. The Morgan fingerprint density at radius 1 is 1.30 bits per heavy atom. The minimum Gasteiger partial charge on any atom is -0.493 e. The van der Waals surface area contributed by atoms with Gasteiger partial charge in [-0.15, -0.1) is 12.4 Å². The summed E-state index contributed by atoms with van der Waals surface area (Å²) in [6.45, 7) is 3.97. The van der Waals surface area contributed by atoms with Crippen LogP contribution < -0.4 is 15.2 Å². The molecular formula is C14H23Cl2NO3. The van der Waals surface area contributed by atoms with Crippen molar-refractivity contribution in [3.63, 3.8) is 0 Å².